The van der Waals surface area contributed by atoms with Gasteiger partial charge in [0.15, 0.2) is 0 Å². The molecule has 1 unspecified atom stereocenters. The molecule has 104 valence electrons. The van der Waals surface area contributed by atoms with Crippen molar-refractivity contribution in [3.05, 3.63) is 29.3 Å². The maximum atomic E-state index is 12.7. The fourth-order valence-corrected chi connectivity index (χ4v) is 2.54. The van der Waals surface area contributed by atoms with Crippen LogP contribution in [-0.4, -0.2) is 24.7 Å². The van der Waals surface area contributed by atoms with Crippen LogP contribution in [0.1, 0.15) is 17.5 Å². The smallest absolute Gasteiger partial charge is 0.416 e. The molecule has 6 heteroatoms. The highest BCUT2D eigenvalue weighted by atomic mass is 19.4. The van der Waals surface area contributed by atoms with Crippen molar-refractivity contribution < 1.29 is 23.1 Å². The Morgan fingerprint density at radius 2 is 2.16 bits per heavy atom. The number of carboxylic acids is 1. The van der Waals surface area contributed by atoms with Gasteiger partial charge in [-0.2, -0.15) is 13.2 Å². The molecule has 1 aliphatic heterocycles. The summed E-state index contributed by atoms with van der Waals surface area (Å²) < 4.78 is 38.0. The topological polar surface area (TPSA) is 40.5 Å². The highest BCUT2D eigenvalue weighted by molar-refractivity contribution is 5.68. The quantitative estimate of drug-likeness (QED) is 0.900. The van der Waals surface area contributed by atoms with E-state index >= 15 is 0 Å². The molecule has 1 heterocycles. The zero-order valence-electron chi connectivity index (χ0n) is 10.4. The molecule has 0 aliphatic carbocycles. The summed E-state index contributed by atoms with van der Waals surface area (Å²) in [7, 11) is 1.76. The van der Waals surface area contributed by atoms with Crippen molar-refractivity contribution in [1.29, 1.82) is 0 Å². The molecule has 1 N–H and O–H groups in total. The molecule has 1 aliphatic rings. The lowest BCUT2D eigenvalue weighted by Gasteiger charge is -2.33. The molecule has 0 radical (unpaired) electrons. The van der Waals surface area contributed by atoms with Gasteiger partial charge in [0.2, 0.25) is 0 Å². The van der Waals surface area contributed by atoms with Crippen LogP contribution in [0.25, 0.3) is 0 Å². The van der Waals surface area contributed by atoms with Gasteiger partial charge in [-0.05, 0) is 36.1 Å². The summed E-state index contributed by atoms with van der Waals surface area (Å²) in [5.41, 5.74) is 0.625. The molecule has 1 aromatic rings. The van der Waals surface area contributed by atoms with Crippen LogP contribution in [0.2, 0.25) is 0 Å². The first-order valence-corrected chi connectivity index (χ1v) is 5.90. The number of rotatable bonds is 2. The minimum absolute atomic E-state index is 0.0278. The highest BCUT2D eigenvalue weighted by Crippen LogP contribution is 2.36. The molecule has 0 amide bonds. The number of fused-ring (bicyclic) bond motifs is 1. The predicted octanol–water partition coefficient (Wildman–Crippen LogP) is 2.79. The SMILES string of the molecule is CN1CC(CC(=O)O)Cc2cc(C(F)(F)F)ccc21. The van der Waals surface area contributed by atoms with Crippen molar-refractivity contribution in [3.8, 4) is 0 Å². The Bertz CT molecular complexity index is 499. The zero-order chi connectivity index (χ0) is 14.2. The van der Waals surface area contributed by atoms with E-state index in [1.54, 1.807) is 7.05 Å². The van der Waals surface area contributed by atoms with Gasteiger partial charge in [-0.1, -0.05) is 0 Å². The standard InChI is InChI=1S/C13H14F3NO2/c1-17-7-8(5-12(18)19)4-9-6-10(13(14,15)16)2-3-11(9)17/h2-3,6,8H,4-5,7H2,1H3,(H,18,19). The summed E-state index contributed by atoms with van der Waals surface area (Å²) >= 11 is 0. The Hall–Kier alpha value is -1.72. The van der Waals surface area contributed by atoms with Gasteiger partial charge >= 0.3 is 12.1 Å². The third kappa shape index (κ3) is 3.00. The molecular formula is C13H14F3NO2. The van der Waals surface area contributed by atoms with E-state index < -0.39 is 17.7 Å². The number of anilines is 1. The van der Waals surface area contributed by atoms with E-state index in [0.29, 0.717) is 18.5 Å². The summed E-state index contributed by atoms with van der Waals surface area (Å²) in [6.45, 7) is 0.546. The summed E-state index contributed by atoms with van der Waals surface area (Å²) in [5, 5.41) is 8.79. The second-order valence-electron chi connectivity index (χ2n) is 4.89. The second-order valence-corrected chi connectivity index (χ2v) is 4.89. The lowest BCUT2D eigenvalue weighted by atomic mass is 9.89. The van der Waals surface area contributed by atoms with Crippen LogP contribution in [0.3, 0.4) is 0 Å². The Labute approximate surface area is 108 Å². The summed E-state index contributed by atoms with van der Waals surface area (Å²) in [4.78, 5) is 12.5. The molecule has 0 bridgehead atoms. The van der Waals surface area contributed by atoms with E-state index in [1.165, 1.54) is 6.07 Å². The summed E-state index contributed by atoms with van der Waals surface area (Å²) in [5.74, 6) is -1.08. The first-order valence-electron chi connectivity index (χ1n) is 5.90. The number of hydrogen-bond donors (Lipinski definition) is 1. The van der Waals surface area contributed by atoms with Gasteiger partial charge in [-0.3, -0.25) is 4.79 Å². The van der Waals surface area contributed by atoms with E-state index in [1.807, 2.05) is 4.90 Å². The van der Waals surface area contributed by atoms with Crippen molar-refractivity contribution in [2.45, 2.75) is 19.0 Å². The number of carbonyl (C=O) groups is 1. The Kier molecular flexibility index (Phi) is 3.43. The summed E-state index contributed by atoms with van der Waals surface area (Å²) in [6, 6.07) is 3.64. The van der Waals surface area contributed by atoms with E-state index in [0.717, 1.165) is 17.8 Å². The molecule has 2 rings (SSSR count). The van der Waals surface area contributed by atoms with Crippen molar-refractivity contribution in [2.24, 2.45) is 5.92 Å². The zero-order valence-corrected chi connectivity index (χ0v) is 10.4. The van der Waals surface area contributed by atoms with Crippen molar-refractivity contribution in [3.63, 3.8) is 0 Å². The molecule has 0 saturated carbocycles. The highest BCUT2D eigenvalue weighted by Gasteiger charge is 2.32. The van der Waals surface area contributed by atoms with Gasteiger partial charge in [0.25, 0.3) is 0 Å². The Morgan fingerprint density at radius 3 is 2.74 bits per heavy atom. The Balaban J connectivity index is 2.30. The third-order valence-electron chi connectivity index (χ3n) is 3.32. The number of carboxylic acid groups (broad SMARTS) is 1. The first-order chi connectivity index (χ1) is 8.77. The predicted molar refractivity (Wildman–Crippen MR) is 64.2 cm³/mol. The van der Waals surface area contributed by atoms with Crippen molar-refractivity contribution in [1.82, 2.24) is 0 Å². The molecule has 1 aromatic carbocycles. The number of hydrogen-bond acceptors (Lipinski definition) is 2. The molecule has 0 aromatic heterocycles. The van der Waals surface area contributed by atoms with Crippen LogP contribution in [0.15, 0.2) is 18.2 Å². The molecule has 1 atom stereocenters. The van der Waals surface area contributed by atoms with Crippen LogP contribution in [0.4, 0.5) is 18.9 Å². The van der Waals surface area contributed by atoms with Gasteiger partial charge in [-0.15, -0.1) is 0 Å². The lowest BCUT2D eigenvalue weighted by Crippen LogP contribution is -2.33. The van der Waals surface area contributed by atoms with E-state index in [9.17, 15) is 18.0 Å². The van der Waals surface area contributed by atoms with Crippen LogP contribution in [0, 0.1) is 5.92 Å². The minimum Gasteiger partial charge on any atom is -0.481 e. The van der Waals surface area contributed by atoms with Gasteiger partial charge in [0.1, 0.15) is 0 Å². The van der Waals surface area contributed by atoms with Crippen LogP contribution >= 0.6 is 0 Å². The average Bonchev–Trinajstić information content (AvgIpc) is 2.26. The van der Waals surface area contributed by atoms with Crippen LogP contribution in [0.5, 0.6) is 0 Å². The maximum Gasteiger partial charge on any atom is 0.416 e. The van der Waals surface area contributed by atoms with E-state index in [-0.39, 0.29) is 12.3 Å². The monoisotopic (exact) mass is 273 g/mol. The average molecular weight is 273 g/mol. The largest absolute Gasteiger partial charge is 0.481 e. The molecule has 0 fully saturated rings. The fourth-order valence-electron chi connectivity index (χ4n) is 2.54. The van der Waals surface area contributed by atoms with Gasteiger partial charge in [-0.25, -0.2) is 0 Å². The number of benzene rings is 1. The van der Waals surface area contributed by atoms with Crippen molar-refractivity contribution >= 4 is 11.7 Å². The molecule has 3 nitrogen and oxygen atoms in total. The molecule has 19 heavy (non-hydrogen) atoms. The van der Waals surface area contributed by atoms with E-state index in [2.05, 4.69) is 0 Å². The fraction of sp³-hybridized carbons (Fsp3) is 0.462. The minimum atomic E-state index is -4.37. The number of aliphatic carboxylic acids is 1. The Morgan fingerprint density at radius 1 is 1.47 bits per heavy atom. The maximum absolute atomic E-state index is 12.7. The molecule has 0 spiro atoms. The third-order valence-corrected chi connectivity index (χ3v) is 3.32. The number of alkyl halides is 3. The van der Waals surface area contributed by atoms with Gasteiger partial charge in [0, 0.05) is 19.3 Å². The number of halogens is 3. The van der Waals surface area contributed by atoms with Gasteiger partial charge in [0.05, 0.1) is 12.0 Å². The first kappa shape index (κ1) is 13.7. The molecule has 0 saturated heterocycles. The summed E-state index contributed by atoms with van der Waals surface area (Å²) in [6.07, 6.45) is -4.02. The lowest BCUT2D eigenvalue weighted by molar-refractivity contribution is -0.139. The normalized spacial score (nSPS) is 19.2. The van der Waals surface area contributed by atoms with Crippen molar-refractivity contribution in [2.75, 3.05) is 18.5 Å². The second kappa shape index (κ2) is 4.75. The van der Waals surface area contributed by atoms with Gasteiger partial charge < -0.3 is 10.0 Å². The molecular weight excluding hydrogens is 259 g/mol. The van der Waals surface area contributed by atoms with E-state index in [4.69, 9.17) is 5.11 Å². The van der Waals surface area contributed by atoms with Crippen LogP contribution in [-0.2, 0) is 17.4 Å². The van der Waals surface area contributed by atoms with Crippen LogP contribution < -0.4 is 4.90 Å². The number of nitrogens with zero attached hydrogens (tertiary/aromatic N) is 1.